The van der Waals surface area contributed by atoms with Crippen molar-refractivity contribution in [3.8, 4) is 5.75 Å². The van der Waals surface area contributed by atoms with Crippen LogP contribution in [0.4, 0.5) is 4.79 Å². The Hall–Kier alpha value is -4.86. The van der Waals surface area contributed by atoms with Gasteiger partial charge in [0.2, 0.25) is 15.9 Å². The zero-order valence-electron chi connectivity index (χ0n) is 29.1. The number of carbonyl (C=O) groups excluding carboxylic acids is 4. The SMILES string of the molecule is COC(=O)C[C@H](C(=O)OC)N(Cc1ccc(CNS(=O)(=O)c2c(C)cc(OC)c(C)c2C)cc1)C(=O)[C@H](CN=[N+]=[N-])NC(=O)OC(C)(C)C. The van der Waals surface area contributed by atoms with Gasteiger partial charge < -0.3 is 29.2 Å². The molecule has 2 aromatic carbocycles. The van der Waals surface area contributed by atoms with Crippen LogP contribution in [-0.4, -0.2) is 82.8 Å². The second kappa shape index (κ2) is 17.5. The van der Waals surface area contributed by atoms with Crippen molar-refractivity contribution in [3.63, 3.8) is 0 Å². The first-order chi connectivity index (χ1) is 22.9. The zero-order chi connectivity index (χ0) is 37.1. The lowest BCUT2D eigenvalue weighted by Crippen LogP contribution is -2.55. The average Bonchev–Trinajstić information content (AvgIpc) is 3.04. The van der Waals surface area contributed by atoms with E-state index >= 15 is 0 Å². The van der Waals surface area contributed by atoms with Crippen molar-refractivity contribution >= 4 is 34.0 Å². The van der Waals surface area contributed by atoms with E-state index in [1.165, 1.54) is 7.11 Å². The van der Waals surface area contributed by atoms with Crippen molar-refractivity contribution in [2.24, 2.45) is 5.11 Å². The minimum atomic E-state index is -3.92. The van der Waals surface area contributed by atoms with Gasteiger partial charge in [-0.25, -0.2) is 22.7 Å². The molecule has 268 valence electrons. The number of nitrogens with one attached hydrogen (secondary N) is 2. The number of ether oxygens (including phenoxy) is 4. The smallest absolute Gasteiger partial charge is 0.408 e. The Morgan fingerprint density at radius 1 is 0.980 bits per heavy atom. The average molecular weight is 705 g/mol. The highest BCUT2D eigenvalue weighted by atomic mass is 32.2. The summed E-state index contributed by atoms with van der Waals surface area (Å²) in [5.74, 6) is -2.05. The number of alkyl carbamates (subject to hydrolysis) is 1. The largest absolute Gasteiger partial charge is 0.496 e. The molecule has 0 aromatic heterocycles. The molecule has 0 aliphatic carbocycles. The highest BCUT2D eigenvalue weighted by Gasteiger charge is 2.37. The van der Waals surface area contributed by atoms with E-state index < -0.39 is 64.6 Å². The minimum absolute atomic E-state index is 0.0591. The standard InChI is InChI=1S/C32H44N6O10S/c1-19-14-26(45-7)20(2)21(3)28(19)49(43,44)35-16-22-10-12-23(13-11-22)18-38(25(30(41)47-9)15-27(39)46-8)29(40)24(17-34-37-33)36-31(42)48-32(4,5)6/h10-14,24-25,35H,15-18H2,1-9H3,(H,36,42)/t24-,25+/m0/s1. The van der Waals surface area contributed by atoms with E-state index in [0.29, 0.717) is 33.6 Å². The van der Waals surface area contributed by atoms with Crippen LogP contribution in [0.5, 0.6) is 5.75 Å². The molecule has 0 saturated carbocycles. The highest BCUT2D eigenvalue weighted by Crippen LogP contribution is 2.30. The molecule has 2 amide bonds. The van der Waals surface area contributed by atoms with Crippen molar-refractivity contribution in [1.29, 1.82) is 0 Å². The lowest BCUT2D eigenvalue weighted by Gasteiger charge is -2.33. The number of rotatable bonds is 15. The summed E-state index contributed by atoms with van der Waals surface area (Å²) in [5, 5.41) is 5.79. The van der Waals surface area contributed by atoms with Crippen molar-refractivity contribution in [3.05, 3.63) is 68.6 Å². The van der Waals surface area contributed by atoms with E-state index in [2.05, 4.69) is 20.1 Å². The van der Waals surface area contributed by atoms with E-state index in [4.69, 9.17) is 24.5 Å². The van der Waals surface area contributed by atoms with Crippen molar-refractivity contribution in [2.75, 3.05) is 27.9 Å². The summed E-state index contributed by atoms with van der Waals surface area (Å²) in [6.45, 7) is 9.16. The Kier molecular flexibility index (Phi) is 14.4. The van der Waals surface area contributed by atoms with Gasteiger partial charge in [-0.3, -0.25) is 9.59 Å². The molecule has 0 saturated heterocycles. The molecule has 0 aliphatic heterocycles. The van der Waals surface area contributed by atoms with Gasteiger partial charge >= 0.3 is 18.0 Å². The normalized spacial score (nSPS) is 12.5. The number of esters is 2. The number of sulfonamides is 1. The maximum absolute atomic E-state index is 13.9. The predicted molar refractivity (Wildman–Crippen MR) is 178 cm³/mol. The van der Waals surface area contributed by atoms with Crippen LogP contribution < -0.4 is 14.8 Å². The number of carbonyl (C=O) groups is 4. The summed E-state index contributed by atoms with van der Waals surface area (Å²) in [5.41, 5.74) is 10.9. The number of azide groups is 1. The molecule has 0 radical (unpaired) electrons. The maximum atomic E-state index is 13.9. The summed E-state index contributed by atoms with van der Waals surface area (Å²) in [6.07, 6.45) is -1.57. The topological polar surface area (TPSA) is 215 Å². The van der Waals surface area contributed by atoms with Crippen LogP contribution in [0.2, 0.25) is 0 Å². The van der Waals surface area contributed by atoms with E-state index in [9.17, 15) is 27.6 Å². The third-order valence-corrected chi connectivity index (χ3v) is 9.04. The second-order valence-corrected chi connectivity index (χ2v) is 13.7. The van der Waals surface area contributed by atoms with Crippen molar-refractivity contribution in [2.45, 2.75) is 83.6 Å². The monoisotopic (exact) mass is 704 g/mol. The van der Waals surface area contributed by atoms with Gasteiger partial charge in [0.15, 0.2) is 0 Å². The van der Waals surface area contributed by atoms with E-state index in [0.717, 1.165) is 19.1 Å². The summed E-state index contributed by atoms with van der Waals surface area (Å²) in [7, 11) is -0.204. The molecule has 0 fully saturated rings. The Labute approximate surface area is 286 Å². The van der Waals surface area contributed by atoms with Gasteiger partial charge in [-0.15, -0.1) is 0 Å². The molecule has 0 heterocycles. The molecule has 2 rings (SSSR count). The molecular formula is C32H44N6O10S. The number of hydrogen-bond acceptors (Lipinski definition) is 11. The van der Waals surface area contributed by atoms with Crippen LogP contribution in [0.3, 0.4) is 0 Å². The molecule has 17 heteroatoms. The van der Waals surface area contributed by atoms with Crippen molar-refractivity contribution in [1.82, 2.24) is 14.9 Å². The summed E-state index contributed by atoms with van der Waals surface area (Å²) < 4.78 is 49.5. The summed E-state index contributed by atoms with van der Waals surface area (Å²) in [6, 6.07) is 5.15. The number of hydrogen-bond donors (Lipinski definition) is 2. The van der Waals surface area contributed by atoms with Gasteiger partial charge in [0, 0.05) is 18.0 Å². The third-order valence-electron chi connectivity index (χ3n) is 7.35. The molecule has 2 atom stereocenters. The molecule has 0 aliphatic rings. The molecule has 2 N–H and O–H groups in total. The minimum Gasteiger partial charge on any atom is -0.496 e. The van der Waals surface area contributed by atoms with Crippen molar-refractivity contribution < 1.29 is 46.5 Å². The number of benzene rings is 2. The van der Waals surface area contributed by atoms with E-state index in [1.807, 2.05) is 0 Å². The first-order valence-electron chi connectivity index (χ1n) is 15.1. The predicted octanol–water partition coefficient (Wildman–Crippen LogP) is 3.74. The Morgan fingerprint density at radius 3 is 2.12 bits per heavy atom. The van der Waals surface area contributed by atoms with Gasteiger partial charge in [-0.1, -0.05) is 29.4 Å². The third kappa shape index (κ3) is 11.4. The number of nitrogens with zero attached hydrogens (tertiary/aromatic N) is 4. The molecule has 49 heavy (non-hydrogen) atoms. The zero-order valence-corrected chi connectivity index (χ0v) is 30.0. The van der Waals surface area contributed by atoms with Crippen LogP contribution in [0.15, 0.2) is 40.3 Å². The van der Waals surface area contributed by atoms with Crippen LogP contribution in [0.25, 0.3) is 10.4 Å². The van der Waals surface area contributed by atoms with Gasteiger partial charge in [0.05, 0.1) is 39.2 Å². The molecule has 2 aromatic rings. The number of amides is 2. The first-order valence-corrected chi connectivity index (χ1v) is 16.5. The van der Waals surface area contributed by atoms with Gasteiger partial charge in [0.25, 0.3) is 0 Å². The maximum Gasteiger partial charge on any atom is 0.408 e. The van der Waals surface area contributed by atoms with E-state index in [1.54, 1.807) is 71.9 Å². The highest BCUT2D eigenvalue weighted by molar-refractivity contribution is 7.89. The fourth-order valence-electron chi connectivity index (χ4n) is 4.85. The van der Waals surface area contributed by atoms with Crippen LogP contribution in [-0.2, 0) is 51.7 Å². The van der Waals surface area contributed by atoms with E-state index in [-0.39, 0.29) is 18.0 Å². The first kappa shape index (κ1) is 40.3. The summed E-state index contributed by atoms with van der Waals surface area (Å²) in [4.78, 5) is 55.6. The number of methoxy groups -OCH3 is 3. The molecular weight excluding hydrogens is 660 g/mol. The molecule has 16 nitrogen and oxygen atoms in total. The quantitative estimate of drug-likeness (QED) is 0.0900. The Balaban J connectivity index is 2.43. The van der Waals surface area contributed by atoms with Gasteiger partial charge in [-0.05, 0) is 81.0 Å². The Morgan fingerprint density at radius 2 is 1.59 bits per heavy atom. The molecule has 0 unspecified atom stereocenters. The summed E-state index contributed by atoms with van der Waals surface area (Å²) >= 11 is 0. The Bertz CT molecular complexity index is 1680. The fourth-order valence-corrected chi connectivity index (χ4v) is 6.39. The lowest BCUT2D eigenvalue weighted by molar-refractivity contribution is -0.158. The lowest BCUT2D eigenvalue weighted by atomic mass is 10.1. The van der Waals surface area contributed by atoms with Gasteiger partial charge in [0.1, 0.15) is 23.4 Å². The van der Waals surface area contributed by atoms with Crippen LogP contribution in [0, 0.1) is 20.8 Å². The van der Waals surface area contributed by atoms with Crippen LogP contribution in [0.1, 0.15) is 55.0 Å². The van der Waals surface area contributed by atoms with Gasteiger partial charge in [-0.2, -0.15) is 0 Å². The number of aryl methyl sites for hydroxylation is 1. The fraction of sp³-hybridized carbons (Fsp3) is 0.500. The van der Waals surface area contributed by atoms with Crippen LogP contribution >= 0.6 is 0 Å². The molecule has 0 spiro atoms. The second-order valence-electron chi connectivity index (χ2n) is 12.0. The molecule has 0 bridgehead atoms.